The largest absolute Gasteiger partial charge is 0.493 e. The van der Waals surface area contributed by atoms with Crippen LogP contribution in [0.5, 0.6) is 5.75 Å². The average molecular weight is 312 g/mol. The Morgan fingerprint density at radius 2 is 2.22 bits per heavy atom. The highest BCUT2D eigenvalue weighted by Gasteiger charge is 2.20. The molecule has 1 aromatic carbocycles. The Kier molecular flexibility index (Phi) is 4.68. The first-order chi connectivity index (χ1) is 8.61. The topological polar surface area (TPSA) is 35.2 Å². The van der Waals surface area contributed by atoms with Crippen LogP contribution in [0.25, 0.3) is 0 Å². The van der Waals surface area contributed by atoms with Gasteiger partial charge in [0, 0.05) is 16.9 Å². The molecule has 3 heteroatoms. The molecule has 0 aliphatic carbocycles. The number of benzene rings is 1. The predicted molar refractivity (Wildman–Crippen MR) is 79.1 cm³/mol. The number of hydrogen-bond acceptors (Lipinski definition) is 2. The van der Waals surface area contributed by atoms with E-state index in [9.17, 15) is 0 Å². The molecule has 0 spiro atoms. The molecule has 2 unspecified atom stereocenters. The first kappa shape index (κ1) is 13.9. The lowest BCUT2D eigenvalue weighted by molar-refractivity contribution is 0.349. The lowest BCUT2D eigenvalue weighted by Gasteiger charge is -2.20. The zero-order chi connectivity index (χ0) is 13.1. The number of rotatable bonds is 5. The van der Waals surface area contributed by atoms with Gasteiger partial charge in [-0.2, -0.15) is 0 Å². The third-order valence-corrected chi connectivity index (χ3v) is 4.21. The molecule has 1 aromatic rings. The van der Waals surface area contributed by atoms with Crippen molar-refractivity contribution in [1.29, 1.82) is 0 Å². The smallest absolute Gasteiger partial charge is 0.125 e. The molecule has 0 fully saturated rings. The maximum atomic E-state index is 6.31. The molecule has 1 aliphatic heterocycles. The molecule has 2 rings (SSSR count). The van der Waals surface area contributed by atoms with Crippen molar-refractivity contribution in [2.45, 2.75) is 45.6 Å². The number of ether oxygens (including phenoxy) is 1. The number of fused-ring (bicyclic) bond motifs is 1. The van der Waals surface area contributed by atoms with Crippen LogP contribution in [0.3, 0.4) is 0 Å². The van der Waals surface area contributed by atoms with Crippen molar-refractivity contribution in [2.24, 2.45) is 11.7 Å². The fourth-order valence-corrected chi connectivity index (χ4v) is 3.17. The van der Waals surface area contributed by atoms with Crippen LogP contribution in [0.2, 0.25) is 0 Å². The summed E-state index contributed by atoms with van der Waals surface area (Å²) in [6, 6.07) is 4.53. The maximum Gasteiger partial charge on any atom is 0.125 e. The molecule has 0 aromatic heterocycles. The van der Waals surface area contributed by atoms with Crippen LogP contribution >= 0.6 is 15.9 Å². The fourth-order valence-electron chi connectivity index (χ4n) is 2.62. The van der Waals surface area contributed by atoms with Gasteiger partial charge in [0.1, 0.15) is 5.75 Å². The third kappa shape index (κ3) is 3.07. The minimum atomic E-state index is 0.215. The zero-order valence-corrected chi connectivity index (χ0v) is 12.8. The monoisotopic (exact) mass is 311 g/mol. The van der Waals surface area contributed by atoms with Gasteiger partial charge in [-0.05, 0) is 42.0 Å². The number of halogens is 1. The molecule has 0 saturated heterocycles. The lowest BCUT2D eigenvalue weighted by Crippen LogP contribution is -2.30. The van der Waals surface area contributed by atoms with Crippen LogP contribution in [0.15, 0.2) is 16.6 Å². The molecule has 0 radical (unpaired) electrons. The summed E-state index contributed by atoms with van der Waals surface area (Å²) in [6.45, 7) is 5.26. The second-order valence-electron chi connectivity index (χ2n) is 5.29. The van der Waals surface area contributed by atoms with Crippen LogP contribution in [-0.2, 0) is 12.8 Å². The standard InChI is InChI=1S/C15H22BrNO/c1-3-4-10(2)14(17)9-12-8-13(16)7-11-5-6-18-15(11)12/h7-8,10,14H,3-6,9,17H2,1-2H3. The van der Waals surface area contributed by atoms with Crippen molar-refractivity contribution in [3.63, 3.8) is 0 Å². The highest BCUT2D eigenvalue weighted by Crippen LogP contribution is 2.34. The summed E-state index contributed by atoms with van der Waals surface area (Å²) in [7, 11) is 0. The van der Waals surface area contributed by atoms with Gasteiger partial charge in [0.15, 0.2) is 0 Å². The van der Waals surface area contributed by atoms with Crippen LogP contribution < -0.4 is 10.5 Å². The summed E-state index contributed by atoms with van der Waals surface area (Å²) in [4.78, 5) is 0. The van der Waals surface area contributed by atoms with Crippen molar-refractivity contribution >= 4 is 15.9 Å². The Hall–Kier alpha value is -0.540. The van der Waals surface area contributed by atoms with E-state index in [0.29, 0.717) is 5.92 Å². The molecule has 100 valence electrons. The van der Waals surface area contributed by atoms with Crippen LogP contribution in [-0.4, -0.2) is 12.6 Å². The van der Waals surface area contributed by atoms with E-state index in [1.807, 2.05) is 0 Å². The molecule has 2 atom stereocenters. The first-order valence-corrected chi connectivity index (χ1v) is 7.60. The summed E-state index contributed by atoms with van der Waals surface area (Å²) in [6.07, 6.45) is 4.31. The van der Waals surface area contributed by atoms with E-state index in [0.717, 1.165) is 29.7 Å². The van der Waals surface area contributed by atoms with Gasteiger partial charge in [-0.25, -0.2) is 0 Å². The van der Waals surface area contributed by atoms with Crippen molar-refractivity contribution in [3.8, 4) is 5.75 Å². The van der Waals surface area contributed by atoms with E-state index in [2.05, 4.69) is 41.9 Å². The van der Waals surface area contributed by atoms with E-state index < -0.39 is 0 Å². The SMILES string of the molecule is CCCC(C)C(N)Cc1cc(Br)cc2c1OCC2. The summed E-state index contributed by atoms with van der Waals surface area (Å²) < 4.78 is 6.88. The minimum Gasteiger partial charge on any atom is -0.493 e. The number of nitrogens with two attached hydrogens (primary N) is 1. The van der Waals surface area contributed by atoms with Crippen LogP contribution in [0.1, 0.15) is 37.8 Å². The van der Waals surface area contributed by atoms with Gasteiger partial charge >= 0.3 is 0 Å². The van der Waals surface area contributed by atoms with Crippen molar-refractivity contribution in [1.82, 2.24) is 0 Å². The van der Waals surface area contributed by atoms with Crippen molar-refractivity contribution in [2.75, 3.05) is 6.61 Å². The Morgan fingerprint density at radius 1 is 1.44 bits per heavy atom. The van der Waals surface area contributed by atoms with Crippen molar-refractivity contribution in [3.05, 3.63) is 27.7 Å². The number of hydrogen-bond donors (Lipinski definition) is 1. The highest BCUT2D eigenvalue weighted by atomic mass is 79.9. The van der Waals surface area contributed by atoms with Gasteiger partial charge in [-0.3, -0.25) is 0 Å². The van der Waals surface area contributed by atoms with E-state index in [1.165, 1.54) is 24.0 Å². The maximum absolute atomic E-state index is 6.31. The lowest BCUT2D eigenvalue weighted by atomic mass is 9.91. The molecular formula is C15H22BrNO. The molecule has 2 nitrogen and oxygen atoms in total. The Bertz CT molecular complexity index is 419. The quantitative estimate of drug-likeness (QED) is 0.900. The van der Waals surface area contributed by atoms with Gasteiger partial charge in [0.2, 0.25) is 0 Å². The van der Waals surface area contributed by atoms with E-state index in [1.54, 1.807) is 0 Å². The van der Waals surface area contributed by atoms with E-state index in [-0.39, 0.29) is 6.04 Å². The van der Waals surface area contributed by atoms with E-state index >= 15 is 0 Å². The van der Waals surface area contributed by atoms with E-state index in [4.69, 9.17) is 10.5 Å². The molecule has 0 bridgehead atoms. The summed E-state index contributed by atoms with van der Waals surface area (Å²) in [5.74, 6) is 1.64. The third-order valence-electron chi connectivity index (χ3n) is 3.76. The van der Waals surface area contributed by atoms with Gasteiger partial charge in [0.25, 0.3) is 0 Å². The molecule has 2 N–H and O–H groups in total. The Balaban J connectivity index is 2.14. The minimum absolute atomic E-state index is 0.215. The molecule has 0 saturated carbocycles. The normalized spacial score (nSPS) is 17.1. The van der Waals surface area contributed by atoms with Gasteiger partial charge in [-0.15, -0.1) is 0 Å². The highest BCUT2D eigenvalue weighted by molar-refractivity contribution is 9.10. The fraction of sp³-hybridized carbons (Fsp3) is 0.600. The second-order valence-corrected chi connectivity index (χ2v) is 6.20. The molecule has 1 aliphatic rings. The summed E-state index contributed by atoms with van der Waals surface area (Å²) >= 11 is 3.58. The van der Waals surface area contributed by atoms with Gasteiger partial charge in [0.05, 0.1) is 6.61 Å². The van der Waals surface area contributed by atoms with Crippen molar-refractivity contribution < 1.29 is 4.74 Å². The Labute approximate surface area is 118 Å². The second kappa shape index (κ2) is 6.07. The molecule has 1 heterocycles. The molecular weight excluding hydrogens is 290 g/mol. The molecule has 18 heavy (non-hydrogen) atoms. The predicted octanol–water partition coefficient (Wildman–Crippen LogP) is 3.69. The van der Waals surface area contributed by atoms with Gasteiger partial charge in [-0.1, -0.05) is 36.2 Å². The van der Waals surface area contributed by atoms with Gasteiger partial charge < -0.3 is 10.5 Å². The van der Waals surface area contributed by atoms with Crippen LogP contribution in [0.4, 0.5) is 0 Å². The first-order valence-electron chi connectivity index (χ1n) is 6.81. The average Bonchev–Trinajstić information content (AvgIpc) is 2.77. The molecule has 0 amide bonds. The van der Waals surface area contributed by atoms with Crippen LogP contribution in [0, 0.1) is 5.92 Å². The summed E-state index contributed by atoms with van der Waals surface area (Å²) in [5.41, 5.74) is 8.88. The Morgan fingerprint density at radius 3 is 2.94 bits per heavy atom. The summed E-state index contributed by atoms with van der Waals surface area (Å²) in [5, 5.41) is 0. The zero-order valence-electron chi connectivity index (χ0n) is 11.2.